The fraction of sp³-hybridized carbons (Fsp3) is 0.562. The third kappa shape index (κ3) is 4.65. The summed E-state index contributed by atoms with van der Waals surface area (Å²) < 4.78 is 48.0. The van der Waals surface area contributed by atoms with Crippen LogP contribution in [0.4, 0.5) is 8.78 Å². The predicted molar refractivity (Wildman–Crippen MR) is 86.3 cm³/mol. The Hall–Kier alpha value is -1.18. The molecular formula is C16H23F2NO3S. The van der Waals surface area contributed by atoms with E-state index in [9.17, 15) is 18.1 Å². The maximum absolute atomic E-state index is 14.8. The first-order valence-corrected chi connectivity index (χ1v) is 8.44. The van der Waals surface area contributed by atoms with Crippen LogP contribution in [0.1, 0.15) is 40.2 Å². The van der Waals surface area contributed by atoms with Crippen LogP contribution in [0.25, 0.3) is 0 Å². The molecule has 4 nitrogen and oxygen atoms in total. The number of ether oxygens (including phenoxy) is 1. The molecule has 0 radical (unpaired) electrons. The molecule has 0 bridgehead atoms. The van der Waals surface area contributed by atoms with E-state index in [0.29, 0.717) is 0 Å². The predicted octanol–water partition coefficient (Wildman–Crippen LogP) is 2.99. The monoisotopic (exact) mass is 347 g/mol. The highest BCUT2D eigenvalue weighted by molar-refractivity contribution is 7.90. The van der Waals surface area contributed by atoms with Crippen LogP contribution in [-0.4, -0.2) is 28.0 Å². The molecule has 0 spiro atoms. The fourth-order valence-corrected chi connectivity index (χ4v) is 2.83. The maximum Gasteiger partial charge on any atom is 0.343 e. The van der Waals surface area contributed by atoms with Gasteiger partial charge < -0.3 is 9.29 Å². The molecule has 1 rings (SSSR count). The molecule has 0 aliphatic rings. The van der Waals surface area contributed by atoms with Crippen molar-refractivity contribution in [1.82, 2.24) is 4.72 Å². The molecule has 0 aliphatic heterocycles. The summed E-state index contributed by atoms with van der Waals surface area (Å²) in [5.41, 5.74) is -1.91. The molecule has 0 heterocycles. The zero-order chi connectivity index (χ0) is 17.8. The highest BCUT2D eigenvalue weighted by atomic mass is 32.2. The number of alkyl halides is 1. The van der Waals surface area contributed by atoms with Crippen molar-refractivity contribution in [1.29, 1.82) is 0 Å². The van der Waals surface area contributed by atoms with Gasteiger partial charge in [-0.1, -0.05) is 18.2 Å². The average Bonchev–Trinajstić information content (AvgIpc) is 2.45. The Morgan fingerprint density at radius 2 is 1.91 bits per heavy atom. The van der Waals surface area contributed by atoms with E-state index >= 15 is 0 Å². The minimum absolute atomic E-state index is 0.00499. The lowest BCUT2D eigenvalue weighted by atomic mass is 9.88. The van der Waals surface area contributed by atoms with E-state index in [4.69, 9.17) is 4.74 Å². The van der Waals surface area contributed by atoms with Crippen molar-refractivity contribution in [2.45, 2.75) is 51.1 Å². The number of hydrogen-bond acceptors (Lipinski definition) is 4. The van der Waals surface area contributed by atoms with E-state index < -0.39 is 39.6 Å². The molecule has 1 aromatic carbocycles. The van der Waals surface area contributed by atoms with Crippen LogP contribution in [-0.2, 0) is 26.4 Å². The van der Waals surface area contributed by atoms with Gasteiger partial charge >= 0.3 is 5.97 Å². The molecule has 23 heavy (non-hydrogen) atoms. The van der Waals surface area contributed by atoms with Gasteiger partial charge in [0.2, 0.25) is 6.17 Å². The molecule has 0 amide bonds. The second kappa shape index (κ2) is 7.59. The maximum atomic E-state index is 14.8. The lowest BCUT2D eigenvalue weighted by Gasteiger charge is -2.36. The summed E-state index contributed by atoms with van der Waals surface area (Å²) in [5, 5.41) is 0. The second-order valence-corrected chi connectivity index (χ2v) is 8.25. The summed E-state index contributed by atoms with van der Waals surface area (Å²) in [7, 11) is 0. The van der Waals surface area contributed by atoms with Crippen LogP contribution in [0.2, 0.25) is 0 Å². The minimum atomic E-state index is -2.22. The van der Waals surface area contributed by atoms with Crippen molar-refractivity contribution in [3.05, 3.63) is 35.6 Å². The summed E-state index contributed by atoms with van der Waals surface area (Å²) in [6.07, 6.45) is -2.22. The van der Waals surface area contributed by atoms with Gasteiger partial charge in [-0.3, -0.25) is 0 Å². The topological polar surface area (TPSA) is 61.4 Å². The number of carbonyl (C=O) groups excluding carboxylic acids is 1. The summed E-state index contributed by atoms with van der Waals surface area (Å²) in [4.78, 5) is 11.8. The molecule has 0 aromatic heterocycles. The van der Waals surface area contributed by atoms with Gasteiger partial charge in [0, 0.05) is 16.9 Å². The molecule has 0 fully saturated rings. The molecular weight excluding hydrogens is 324 g/mol. The number of benzene rings is 1. The summed E-state index contributed by atoms with van der Waals surface area (Å²) in [6.45, 7) is 7.91. The summed E-state index contributed by atoms with van der Waals surface area (Å²) in [5.74, 6) is -1.82. The normalized spacial score (nSPS) is 17.2. The lowest BCUT2D eigenvalue weighted by molar-refractivity contribution is -0.152. The van der Waals surface area contributed by atoms with E-state index in [2.05, 4.69) is 4.72 Å². The molecule has 0 saturated heterocycles. The zero-order valence-corrected chi connectivity index (χ0v) is 14.8. The third-order valence-electron chi connectivity index (χ3n) is 3.29. The average molecular weight is 347 g/mol. The van der Waals surface area contributed by atoms with Crippen LogP contribution >= 0.6 is 0 Å². The Bertz CT molecular complexity index is 550. The number of nitrogens with one attached hydrogen (secondary N) is 1. The number of hydrogen-bond donors (Lipinski definition) is 1. The standard InChI is InChI=1S/C16H23F2NO3S/c1-6-22-14(20)13(18)16(5,19-23(21)15(2,3)4)11-9-7-8-10-12(11)17/h7-10,13,19H,6H2,1-5H3/t13-,16+,23?/m0/s1. The van der Waals surface area contributed by atoms with Gasteiger partial charge in [-0.15, -0.1) is 4.72 Å². The molecule has 1 aromatic rings. The molecule has 130 valence electrons. The van der Waals surface area contributed by atoms with Crippen LogP contribution in [0.5, 0.6) is 0 Å². The third-order valence-corrected chi connectivity index (χ3v) is 5.02. The molecule has 3 atom stereocenters. The molecule has 1 unspecified atom stereocenters. The van der Waals surface area contributed by atoms with Crippen molar-refractivity contribution in [2.24, 2.45) is 0 Å². The van der Waals surface area contributed by atoms with E-state index in [-0.39, 0.29) is 12.2 Å². The number of esters is 1. The Morgan fingerprint density at radius 1 is 1.35 bits per heavy atom. The van der Waals surface area contributed by atoms with E-state index in [1.54, 1.807) is 27.7 Å². The van der Waals surface area contributed by atoms with Crippen LogP contribution in [0.15, 0.2) is 24.3 Å². The lowest BCUT2D eigenvalue weighted by Crippen LogP contribution is -2.57. The van der Waals surface area contributed by atoms with Gasteiger partial charge in [0.1, 0.15) is 16.1 Å². The van der Waals surface area contributed by atoms with Crippen LogP contribution in [0.3, 0.4) is 0 Å². The fourth-order valence-electron chi connectivity index (χ4n) is 1.92. The Morgan fingerprint density at radius 3 is 2.39 bits per heavy atom. The van der Waals surface area contributed by atoms with Crippen molar-refractivity contribution in [3.63, 3.8) is 0 Å². The zero-order valence-electron chi connectivity index (χ0n) is 14.0. The van der Waals surface area contributed by atoms with Gasteiger partial charge in [-0.2, -0.15) is 0 Å². The van der Waals surface area contributed by atoms with Crippen LogP contribution in [0, 0.1) is 5.82 Å². The first kappa shape index (κ1) is 19.9. The summed E-state index contributed by atoms with van der Waals surface area (Å²) in [6, 6.07) is 5.49. The first-order valence-electron chi connectivity index (χ1n) is 7.29. The summed E-state index contributed by atoms with van der Waals surface area (Å²) >= 11 is -1.72. The van der Waals surface area contributed by atoms with Crippen LogP contribution < -0.4 is 4.72 Å². The Balaban J connectivity index is 3.30. The minimum Gasteiger partial charge on any atom is -0.598 e. The second-order valence-electron chi connectivity index (χ2n) is 6.28. The van der Waals surface area contributed by atoms with Gasteiger partial charge in [-0.05, 0) is 40.7 Å². The highest BCUT2D eigenvalue weighted by Crippen LogP contribution is 2.32. The molecule has 7 heteroatoms. The van der Waals surface area contributed by atoms with E-state index in [0.717, 1.165) is 6.07 Å². The van der Waals surface area contributed by atoms with E-state index in [1.165, 1.54) is 25.1 Å². The van der Waals surface area contributed by atoms with Crippen molar-refractivity contribution in [3.8, 4) is 0 Å². The smallest absolute Gasteiger partial charge is 0.343 e. The molecule has 0 saturated carbocycles. The SMILES string of the molecule is CCOC(=O)[C@H](F)[C@](C)(N[S+]([O-])C(C)(C)C)c1ccccc1F. The Kier molecular flexibility index (Phi) is 6.56. The van der Waals surface area contributed by atoms with Gasteiger partial charge in [-0.25, -0.2) is 13.6 Å². The Labute approximate surface area is 138 Å². The van der Waals surface area contributed by atoms with Gasteiger partial charge in [0.05, 0.1) is 6.61 Å². The van der Waals surface area contributed by atoms with Crippen molar-refractivity contribution in [2.75, 3.05) is 6.61 Å². The molecule has 1 N–H and O–H groups in total. The molecule has 0 aliphatic carbocycles. The van der Waals surface area contributed by atoms with Gasteiger partial charge in [0.15, 0.2) is 0 Å². The van der Waals surface area contributed by atoms with Crippen molar-refractivity contribution >= 4 is 17.3 Å². The number of carbonyl (C=O) groups is 1. The van der Waals surface area contributed by atoms with Gasteiger partial charge in [0.25, 0.3) is 0 Å². The number of halogens is 2. The largest absolute Gasteiger partial charge is 0.598 e. The number of rotatable bonds is 6. The van der Waals surface area contributed by atoms with Crippen molar-refractivity contribution < 1.29 is 22.9 Å². The first-order chi connectivity index (χ1) is 10.5. The quantitative estimate of drug-likeness (QED) is 0.635. The highest BCUT2D eigenvalue weighted by Gasteiger charge is 2.49. The van der Waals surface area contributed by atoms with E-state index in [1.807, 2.05) is 0 Å².